The van der Waals surface area contributed by atoms with E-state index in [1.807, 2.05) is 85.8 Å². The minimum Gasteiger partial charge on any atom is -0.483 e. The van der Waals surface area contributed by atoms with Crippen LogP contribution in [0.25, 0.3) is 0 Å². The number of carbonyl (C=O) groups excluding carboxylic acids is 2. The van der Waals surface area contributed by atoms with Crippen LogP contribution in [0.3, 0.4) is 0 Å². The predicted molar refractivity (Wildman–Crippen MR) is 154 cm³/mol. The van der Waals surface area contributed by atoms with Gasteiger partial charge in [-0.05, 0) is 41.5 Å². The van der Waals surface area contributed by atoms with Gasteiger partial charge in [0.15, 0.2) is 6.61 Å². The van der Waals surface area contributed by atoms with Crippen molar-refractivity contribution in [2.75, 3.05) is 13.2 Å². The Morgan fingerprint density at radius 1 is 0.895 bits per heavy atom. The van der Waals surface area contributed by atoms with E-state index in [0.717, 1.165) is 35.1 Å². The van der Waals surface area contributed by atoms with Gasteiger partial charge in [-0.1, -0.05) is 112 Å². The zero-order chi connectivity index (χ0) is 27.5. The molecule has 0 unspecified atom stereocenters. The number of carbonyl (C=O) groups is 2. The molecule has 0 aliphatic rings. The summed E-state index contributed by atoms with van der Waals surface area (Å²) in [6.07, 6.45) is 2.30. The SMILES string of the molecule is CCCCNC(=O)[C@H](Cc1ccccc1)N(Cc1ccc(C)cc1)C(=O)COc1ccccc1C(C)(C)C. The van der Waals surface area contributed by atoms with Gasteiger partial charge in [-0.2, -0.15) is 0 Å². The Labute approximate surface area is 228 Å². The van der Waals surface area contributed by atoms with E-state index < -0.39 is 6.04 Å². The van der Waals surface area contributed by atoms with Crippen molar-refractivity contribution in [2.24, 2.45) is 0 Å². The van der Waals surface area contributed by atoms with Crippen molar-refractivity contribution in [3.63, 3.8) is 0 Å². The molecule has 0 saturated carbocycles. The molecule has 3 aromatic rings. The van der Waals surface area contributed by atoms with Gasteiger partial charge >= 0.3 is 0 Å². The molecule has 0 spiro atoms. The first kappa shape index (κ1) is 29.0. The number of para-hydroxylation sites is 1. The van der Waals surface area contributed by atoms with Gasteiger partial charge in [-0.25, -0.2) is 0 Å². The van der Waals surface area contributed by atoms with Gasteiger partial charge in [0, 0.05) is 19.5 Å². The van der Waals surface area contributed by atoms with Crippen molar-refractivity contribution in [1.29, 1.82) is 0 Å². The zero-order valence-electron chi connectivity index (χ0n) is 23.5. The summed E-state index contributed by atoms with van der Waals surface area (Å²) in [6, 6.07) is 25.1. The average molecular weight is 515 g/mol. The van der Waals surface area contributed by atoms with Crippen molar-refractivity contribution in [3.8, 4) is 5.75 Å². The van der Waals surface area contributed by atoms with Crippen LogP contribution < -0.4 is 10.1 Å². The molecule has 5 heteroatoms. The van der Waals surface area contributed by atoms with Gasteiger partial charge in [0.1, 0.15) is 11.8 Å². The van der Waals surface area contributed by atoms with Gasteiger partial charge in [-0.3, -0.25) is 9.59 Å². The third-order valence-electron chi connectivity index (χ3n) is 6.62. The molecule has 1 atom stereocenters. The Kier molecular flexibility index (Phi) is 10.5. The number of hydrogen-bond donors (Lipinski definition) is 1. The molecule has 0 aromatic heterocycles. The second-order valence-electron chi connectivity index (χ2n) is 10.9. The fraction of sp³-hybridized carbons (Fsp3) is 0.394. The van der Waals surface area contributed by atoms with Gasteiger partial charge in [-0.15, -0.1) is 0 Å². The second kappa shape index (κ2) is 13.8. The molecule has 0 aliphatic heterocycles. The molecular weight excluding hydrogens is 472 g/mol. The summed E-state index contributed by atoms with van der Waals surface area (Å²) in [5.74, 6) is 0.328. The molecule has 2 amide bonds. The van der Waals surface area contributed by atoms with E-state index in [1.54, 1.807) is 4.90 Å². The van der Waals surface area contributed by atoms with Crippen LogP contribution in [0, 0.1) is 6.92 Å². The zero-order valence-corrected chi connectivity index (χ0v) is 23.5. The topological polar surface area (TPSA) is 58.6 Å². The van der Waals surface area contributed by atoms with Crippen LogP contribution in [-0.4, -0.2) is 35.9 Å². The maximum atomic E-state index is 13.8. The Bertz CT molecular complexity index is 1170. The molecule has 0 bridgehead atoms. The van der Waals surface area contributed by atoms with Crippen LogP contribution in [0.4, 0.5) is 0 Å². The molecule has 3 rings (SSSR count). The first-order valence-electron chi connectivity index (χ1n) is 13.6. The quantitative estimate of drug-likeness (QED) is 0.292. The number of ether oxygens (including phenoxy) is 1. The second-order valence-corrected chi connectivity index (χ2v) is 10.9. The third-order valence-corrected chi connectivity index (χ3v) is 6.62. The van der Waals surface area contributed by atoms with Gasteiger partial charge in [0.2, 0.25) is 5.91 Å². The molecule has 38 heavy (non-hydrogen) atoms. The molecule has 202 valence electrons. The molecule has 3 aromatic carbocycles. The summed E-state index contributed by atoms with van der Waals surface area (Å²) in [5, 5.41) is 3.06. The molecule has 0 radical (unpaired) electrons. The number of rotatable bonds is 12. The predicted octanol–water partition coefficient (Wildman–Crippen LogP) is 6.23. The van der Waals surface area contributed by atoms with Gasteiger partial charge < -0.3 is 15.0 Å². The summed E-state index contributed by atoms with van der Waals surface area (Å²) in [4.78, 5) is 29.0. The van der Waals surface area contributed by atoms with Crippen molar-refractivity contribution < 1.29 is 14.3 Å². The van der Waals surface area contributed by atoms with E-state index in [2.05, 4.69) is 33.0 Å². The highest BCUT2D eigenvalue weighted by Gasteiger charge is 2.31. The largest absolute Gasteiger partial charge is 0.483 e. The van der Waals surface area contributed by atoms with Crippen LogP contribution >= 0.6 is 0 Å². The minimum absolute atomic E-state index is 0.129. The Hall–Kier alpha value is -3.60. The highest BCUT2D eigenvalue weighted by Crippen LogP contribution is 2.31. The van der Waals surface area contributed by atoms with Crippen molar-refractivity contribution in [3.05, 3.63) is 101 Å². The first-order valence-corrected chi connectivity index (χ1v) is 13.6. The number of nitrogens with zero attached hydrogens (tertiary/aromatic N) is 1. The summed E-state index contributed by atoms with van der Waals surface area (Å²) in [7, 11) is 0. The van der Waals surface area contributed by atoms with E-state index in [1.165, 1.54) is 0 Å². The lowest BCUT2D eigenvalue weighted by Gasteiger charge is -2.32. The van der Waals surface area contributed by atoms with E-state index in [-0.39, 0.29) is 23.8 Å². The van der Waals surface area contributed by atoms with Gasteiger partial charge in [0.05, 0.1) is 0 Å². The number of unbranched alkanes of at least 4 members (excludes halogenated alkanes) is 1. The molecule has 0 fully saturated rings. The van der Waals surface area contributed by atoms with Crippen LogP contribution in [0.5, 0.6) is 5.75 Å². The molecular formula is C33H42N2O3. The van der Waals surface area contributed by atoms with Crippen molar-refractivity contribution in [1.82, 2.24) is 10.2 Å². The summed E-state index contributed by atoms with van der Waals surface area (Å²) < 4.78 is 6.12. The van der Waals surface area contributed by atoms with E-state index in [0.29, 0.717) is 25.3 Å². The lowest BCUT2D eigenvalue weighted by molar-refractivity contribution is -0.142. The third kappa shape index (κ3) is 8.47. The van der Waals surface area contributed by atoms with Gasteiger partial charge in [0.25, 0.3) is 5.91 Å². The fourth-order valence-electron chi connectivity index (χ4n) is 4.38. The maximum absolute atomic E-state index is 13.8. The maximum Gasteiger partial charge on any atom is 0.261 e. The monoisotopic (exact) mass is 514 g/mol. The lowest BCUT2D eigenvalue weighted by atomic mass is 9.86. The van der Waals surface area contributed by atoms with E-state index in [4.69, 9.17) is 4.74 Å². The van der Waals surface area contributed by atoms with Crippen LogP contribution in [0.2, 0.25) is 0 Å². The minimum atomic E-state index is -0.662. The number of amides is 2. The number of aryl methyl sites for hydroxylation is 1. The summed E-state index contributed by atoms with van der Waals surface area (Å²) in [5.41, 5.74) is 4.03. The fourth-order valence-corrected chi connectivity index (χ4v) is 4.38. The first-order chi connectivity index (χ1) is 18.2. The highest BCUT2D eigenvalue weighted by molar-refractivity contribution is 5.88. The summed E-state index contributed by atoms with van der Waals surface area (Å²) >= 11 is 0. The number of hydrogen-bond acceptors (Lipinski definition) is 3. The van der Waals surface area contributed by atoms with Crippen LogP contribution in [0.15, 0.2) is 78.9 Å². The highest BCUT2D eigenvalue weighted by atomic mass is 16.5. The standard InChI is InChI=1S/C33H42N2O3/c1-6-7-21-34-32(37)29(22-26-13-9-8-10-14-26)35(23-27-19-17-25(2)18-20-27)31(36)24-38-30-16-12-11-15-28(30)33(3,4)5/h8-20,29H,6-7,21-24H2,1-5H3,(H,34,37)/t29-/m0/s1. The lowest BCUT2D eigenvalue weighted by Crippen LogP contribution is -2.51. The Morgan fingerprint density at radius 3 is 2.21 bits per heavy atom. The number of benzene rings is 3. The Morgan fingerprint density at radius 2 is 1.55 bits per heavy atom. The van der Waals surface area contributed by atoms with Crippen molar-refractivity contribution >= 4 is 11.8 Å². The smallest absolute Gasteiger partial charge is 0.261 e. The Balaban J connectivity index is 1.91. The molecule has 0 saturated heterocycles. The average Bonchev–Trinajstić information content (AvgIpc) is 2.90. The van der Waals surface area contributed by atoms with E-state index >= 15 is 0 Å². The van der Waals surface area contributed by atoms with Crippen LogP contribution in [-0.2, 0) is 28.0 Å². The van der Waals surface area contributed by atoms with Crippen LogP contribution in [0.1, 0.15) is 62.8 Å². The molecule has 1 N–H and O–H groups in total. The normalized spacial score (nSPS) is 12.0. The molecule has 0 heterocycles. The van der Waals surface area contributed by atoms with Crippen molar-refractivity contribution in [2.45, 2.75) is 71.9 Å². The van der Waals surface area contributed by atoms with E-state index in [9.17, 15) is 9.59 Å². The number of nitrogens with one attached hydrogen (secondary N) is 1. The summed E-state index contributed by atoms with van der Waals surface area (Å²) in [6.45, 7) is 11.3. The molecule has 0 aliphatic carbocycles. The molecule has 5 nitrogen and oxygen atoms in total.